The molecule has 260 valence electrons. The quantitative estimate of drug-likeness (QED) is 0.252. The number of carboxylic acid groups (broad SMARTS) is 1. The Morgan fingerprint density at radius 2 is 1.60 bits per heavy atom. The molecule has 0 spiro atoms. The Kier molecular flexibility index (Phi) is 13.8. The highest BCUT2D eigenvalue weighted by molar-refractivity contribution is 5.65. The first-order valence-corrected chi connectivity index (χ1v) is 16.8. The maximum absolute atomic E-state index is 12.3. The molecular weight excluding hydrogens is 606 g/mol. The molecule has 3 heterocycles. The van der Waals surface area contributed by atoms with E-state index in [9.17, 15) is 9.90 Å². The average molecular weight is 658 g/mol. The number of methoxy groups -OCH3 is 2. The Morgan fingerprint density at radius 1 is 0.851 bits per heavy atom. The van der Waals surface area contributed by atoms with Gasteiger partial charge in [-0.1, -0.05) is 18.2 Å². The smallest absolute Gasteiger partial charge is 0.407 e. The molecule has 2 saturated heterocycles. The highest BCUT2D eigenvalue weighted by atomic mass is 16.5. The van der Waals surface area contributed by atoms with Crippen molar-refractivity contribution in [3.63, 3.8) is 0 Å². The molecule has 2 aromatic rings. The molecular formula is C35H51N3O9. The molecule has 0 saturated carbocycles. The van der Waals surface area contributed by atoms with Crippen molar-refractivity contribution >= 4 is 11.8 Å². The molecule has 0 unspecified atom stereocenters. The SMILES string of the molecule is COCCCOc1ccc([C@@H]2[C@@H](OCc3ccc4c(c3)N(CCCOC)CCO4)CN(C(=O)O)C[C@H]2OCCN2CCOCC2)cc1. The zero-order chi connectivity index (χ0) is 32.8. The lowest BCUT2D eigenvalue weighted by Gasteiger charge is -2.43. The van der Waals surface area contributed by atoms with Gasteiger partial charge in [0.05, 0.1) is 70.6 Å². The maximum atomic E-state index is 12.3. The highest BCUT2D eigenvalue weighted by Gasteiger charge is 2.41. The molecule has 0 radical (unpaired) electrons. The van der Waals surface area contributed by atoms with Gasteiger partial charge >= 0.3 is 6.09 Å². The number of carbonyl (C=O) groups is 1. The second-order valence-electron chi connectivity index (χ2n) is 12.2. The number of hydrogen-bond acceptors (Lipinski definition) is 10. The van der Waals surface area contributed by atoms with Crippen molar-refractivity contribution in [2.24, 2.45) is 0 Å². The largest absolute Gasteiger partial charge is 0.494 e. The predicted octanol–water partition coefficient (Wildman–Crippen LogP) is 3.72. The van der Waals surface area contributed by atoms with E-state index in [-0.39, 0.29) is 25.1 Å². The number of hydrogen-bond donors (Lipinski definition) is 1. The van der Waals surface area contributed by atoms with Crippen LogP contribution in [0.2, 0.25) is 0 Å². The van der Waals surface area contributed by atoms with Crippen LogP contribution in [0.15, 0.2) is 42.5 Å². The van der Waals surface area contributed by atoms with Crippen LogP contribution in [0.3, 0.4) is 0 Å². The lowest BCUT2D eigenvalue weighted by molar-refractivity contribution is -0.0932. The first-order valence-electron chi connectivity index (χ1n) is 16.8. The molecule has 0 aromatic heterocycles. The molecule has 1 N–H and O–H groups in total. The van der Waals surface area contributed by atoms with Gasteiger partial charge in [-0.25, -0.2) is 4.79 Å². The third kappa shape index (κ3) is 10.2. The van der Waals surface area contributed by atoms with E-state index in [1.807, 2.05) is 24.3 Å². The van der Waals surface area contributed by atoms with E-state index in [0.717, 1.165) is 73.9 Å². The fourth-order valence-corrected chi connectivity index (χ4v) is 6.45. The summed E-state index contributed by atoms with van der Waals surface area (Å²) < 4.78 is 40.9. The average Bonchev–Trinajstić information content (AvgIpc) is 3.10. The summed E-state index contributed by atoms with van der Waals surface area (Å²) in [4.78, 5) is 18.4. The van der Waals surface area contributed by atoms with Gasteiger partial charge < -0.3 is 48.1 Å². The molecule has 5 rings (SSSR count). The minimum Gasteiger partial charge on any atom is -0.494 e. The van der Waals surface area contributed by atoms with E-state index in [0.29, 0.717) is 52.9 Å². The van der Waals surface area contributed by atoms with Gasteiger partial charge in [0.1, 0.15) is 18.1 Å². The molecule has 3 aliphatic rings. The van der Waals surface area contributed by atoms with Gasteiger partial charge in [0.25, 0.3) is 0 Å². The van der Waals surface area contributed by atoms with Crippen molar-refractivity contribution in [1.82, 2.24) is 9.80 Å². The number of ether oxygens (including phenoxy) is 7. The predicted molar refractivity (Wildman–Crippen MR) is 177 cm³/mol. The summed E-state index contributed by atoms with van der Waals surface area (Å²) in [7, 11) is 3.40. The molecule has 1 amide bonds. The van der Waals surface area contributed by atoms with Crippen molar-refractivity contribution in [2.75, 3.05) is 111 Å². The van der Waals surface area contributed by atoms with Crippen LogP contribution >= 0.6 is 0 Å². The van der Waals surface area contributed by atoms with Crippen molar-refractivity contribution in [1.29, 1.82) is 0 Å². The summed E-state index contributed by atoms with van der Waals surface area (Å²) in [6.07, 6.45) is -0.0497. The summed E-state index contributed by atoms with van der Waals surface area (Å²) in [6, 6.07) is 14.2. The molecule has 12 nitrogen and oxygen atoms in total. The third-order valence-electron chi connectivity index (χ3n) is 8.97. The van der Waals surface area contributed by atoms with E-state index in [4.69, 9.17) is 33.2 Å². The van der Waals surface area contributed by atoms with Gasteiger partial charge in [-0.2, -0.15) is 0 Å². The fourth-order valence-electron chi connectivity index (χ4n) is 6.45. The van der Waals surface area contributed by atoms with Crippen molar-refractivity contribution < 1.29 is 43.1 Å². The van der Waals surface area contributed by atoms with E-state index in [1.54, 1.807) is 14.2 Å². The molecule has 47 heavy (non-hydrogen) atoms. The van der Waals surface area contributed by atoms with E-state index in [1.165, 1.54) is 4.90 Å². The van der Waals surface area contributed by atoms with Gasteiger partial charge in [-0.05, 0) is 41.8 Å². The lowest BCUT2D eigenvalue weighted by atomic mass is 9.84. The number of likely N-dealkylation sites (tertiary alicyclic amines) is 1. The van der Waals surface area contributed by atoms with Crippen LogP contribution in [-0.4, -0.2) is 139 Å². The van der Waals surface area contributed by atoms with Crippen LogP contribution in [-0.2, 0) is 30.3 Å². The molecule has 3 atom stereocenters. The molecule has 0 bridgehead atoms. The van der Waals surface area contributed by atoms with Crippen molar-refractivity contribution in [2.45, 2.75) is 37.6 Å². The van der Waals surface area contributed by atoms with E-state index in [2.05, 4.69) is 28.0 Å². The maximum Gasteiger partial charge on any atom is 0.407 e. The molecule has 0 aliphatic carbocycles. The number of rotatable bonds is 17. The second kappa shape index (κ2) is 18.4. The second-order valence-corrected chi connectivity index (χ2v) is 12.2. The van der Waals surface area contributed by atoms with E-state index < -0.39 is 12.2 Å². The molecule has 2 aromatic carbocycles. The van der Waals surface area contributed by atoms with Crippen LogP contribution in [0, 0.1) is 0 Å². The third-order valence-corrected chi connectivity index (χ3v) is 8.97. The number of morpholine rings is 1. The Balaban J connectivity index is 1.33. The summed E-state index contributed by atoms with van der Waals surface area (Å²) in [5.41, 5.74) is 3.08. The Bertz CT molecular complexity index is 1230. The van der Waals surface area contributed by atoms with Gasteiger partial charge in [0, 0.05) is 66.0 Å². The normalized spacial score (nSPS) is 21.7. The van der Waals surface area contributed by atoms with Gasteiger partial charge in [0.2, 0.25) is 0 Å². The zero-order valence-electron chi connectivity index (χ0n) is 27.8. The number of nitrogens with zero attached hydrogens (tertiary/aromatic N) is 3. The Labute approximate surface area is 278 Å². The number of amides is 1. The standard InChI is InChI=1S/C35H51N3O9/c1-41-16-3-11-37-15-22-45-31-10-5-27(23-30(31)37)26-47-33-25-38(35(39)40)24-32(46-21-14-36-12-19-43-20-13-36)34(33)28-6-8-29(9-7-28)44-18-4-17-42-2/h5-10,23,32-34H,3-4,11-22,24-26H2,1-2H3,(H,39,40)/t32-,33+,34+/m1/s1. The Morgan fingerprint density at radius 3 is 2.34 bits per heavy atom. The number of fused-ring (bicyclic) bond motifs is 1. The summed E-state index contributed by atoms with van der Waals surface area (Å²) in [6.45, 7) is 9.52. The first-order chi connectivity index (χ1) is 23.1. The topological polar surface area (TPSA) is 112 Å². The van der Waals surface area contributed by atoms with Crippen LogP contribution < -0.4 is 14.4 Å². The molecule has 2 fully saturated rings. The molecule has 3 aliphatic heterocycles. The summed E-state index contributed by atoms with van der Waals surface area (Å²) in [5.74, 6) is 1.47. The summed E-state index contributed by atoms with van der Waals surface area (Å²) in [5, 5.41) is 10.1. The van der Waals surface area contributed by atoms with Crippen molar-refractivity contribution in [3.05, 3.63) is 53.6 Å². The van der Waals surface area contributed by atoms with Gasteiger partial charge in [-0.15, -0.1) is 0 Å². The number of anilines is 1. The lowest BCUT2D eigenvalue weighted by Crippen LogP contribution is -2.54. The first kappa shape index (κ1) is 35.2. The molecule has 12 heteroatoms. The van der Waals surface area contributed by atoms with Gasteiger partial charge in [0.15, 0.2) is 0 Å². The van der Waals surface area contributed by atoms with Crippen molar-refractivity contribution in [3.8, 4) is 11.5 Å². The monoisotopic (exact) mass is 657 g/mol. The minimum atomic E-state index is -0.976. The van der Waals surface area contributed by atoms with Gasteiger partial charge in [-0.3, -0.25) is 4.90 Å². The zero-order valence-corrected chi connectivity index (χ0v) is 27.8. The highest BCUT2D eigenvalue weighted by Crippen LogP contribution is 2.36. The van der Waals surface area contributed by atoms with Crippen LogP contribution in [0.25, 0.3) is 0 Å². The fraction of sp³-hybridized carbons (Fsp3) is 0.629. The Hall–Kier alpha value is -3.13. The van der Waals surface area contributed by atoms with Crippen LogP contribution in [0.4, 0.5) is 10.5 Å². The van der Waals surface area contributed by atoms with Crippen LogP contribution in [0.1, 0.15) is 29.9 Å². The number of benzene rings is 2. The summed E-state index contributed by atoms with van der Waals surface area (Å²) >= 11 is 0. The van der Waals surface area contributed by atoms with Crippen LogP contribution in [0.5, 0.6) is 11.5 Å². The van der Waals surface area contributed by atoms with E-state index >= 15 is 0 Å². The minimum absolute atomic E-state index is 0.177. The number of piperidine rings is 1.